The number of amides is 1. The zero-order valence-corrected chi connectivity index (χ0v) is 17.1. The van der Waals surface area contributed by atoms with Crippen molar-refractivity contribution in [2.75, 3.05) is 30.4 Å². The number of fused-ring (bicyclic) bond motifs is 1. The largest absolute Gasteiger partial charge is 0.342 e. The van der Waals surface area contributed by atoms with Gasteiger partial charge in [0.05, 0.1) is 28.3 Å². The van der Waals surface area contributed by atoms with Gasteiger partial charge in [0.2, 0.25) is 0 Å². The van der Waals surface area contributed by atoms with Crippen LogP contribution in [0.5, 0.6) is 0 Å². The van der Waals surface area contributed by atoms with Crippen molar-refractivity contribution in [3.8, 4) is 0 Å². The number of amidine groups is 1. The molecule has 2 aliphatic rings. The van der Waals surface area contributed by atoms with Crippen LogP contribution in [0.15, 0.2) is 23.2 Å². The highest BCUT2D eigenvalue weighted by molar-refractivity contribution is 8.15. The summed E-state index contributed by atoms with van der Waals surface area (Å²) in [5, 5.41) is 4.27. The first-order chi connectivity index (χ1) is 12.3. The van der Waals surface area contributed by atoms with Gasteiger partial charge >= 0.3 is 0 Å². The summed E-state index contributed by atoms with van der Waals surface area (Å²) in [7, 11) is -1.19. The third-order valence-electron chi connectivity index (χ3n) is 4.47. The molecule has 0 spiro atoms. The SMILES string of the molecule is CCCCN(C)C(=O)c1ccc(Cl)c(NC2=N[C@H]3CS(=O)(=O)C[C@@H]3S2)c1. The van der Waals surface area contributed by atoms with Gasteiger partial charge in [0.25, 0.3) is 5.91 Å². The third kappa shape index (κ3) is 4.35. The van der Waals surface area contributed by atoms with Crippen molar-refractivity contribution in [3.05, 3.63) is 28.8 Å². The van der Waals surface area contributed by atoms with E-state index in [4.69, 9.17) is 11.6 Å². The van der Waals surface area contributed by atoms with Crippen LogP contribution in [-0.2, 0) is 9.84 Å². The Kier molecular flexibility index (Phi) is 5.84. The molecule has 1 N–H and O–H groups in total. The Labute approximate surface area is 163 Å². The van der Waals surface area contributed by atoms with E-state index in [0.29, 0.717) is 28.0 Å². The Morgan fingerprint density at radius 1 is 1.42 bits per heavy atom. The minimum atomic E-state index is -2.98. The van der Waals surface area contributed by atoms with Crippen molar-refractivity contribution in [1.29, 1.82) is 0 Å². The lowest BCUT2D eigenvalue weighted by Crippen LogP contribution is -2.27. The number of sulfone groups is 1. The molecule has 0 bridgehead atoms. The fraction of sp³-hybridized carbons (Fsp3) is 0.529. The van der Waals surface area contributed by atoms with E-state index in [2.05, 4.69) is 17.2 Å². The van der Waals surface area contributed by atoms with Gasteiger partial charge in [-0.15, -0.1) is 0 Å². The number of anilines is 1. The molecule has 1 fully saturated rings. The van der Waals surface area contributed by atoms with Crippen LogP contribution >= 0.6 is 23.4 Å². The van der Waals surface area contributed by atoms with Gasteiger partial charge in [-0.1, -0.05) is 36.7 Å². The van der Waals surface area contributed by atoms with Gasteiger partial charge in [-0.2, -0.15) is 0 Å². The molecule has 0 unspecified atom stereocenters. The Balaban J connectivity index is 1.72. The predicted molar refractivity (Wildman–Crippen MR) is 108 cm³/mol. The lowest BCUT2D eigenvalue weighted by molar-refractivity contribution is 0.0793. The summed E-state index contributed by atoms with van der Waals surface area (Å²) in [6, 6.07) is 4.93. The van der Waals surface area contributed by atoms with Gasteiger partial charge in [-0.25, -0.2) is 8.42 Å². The number of aliphatic imine (C=N–C) groups is 1. The lowest BCUT2D eigenvalue weighted by Gasteiger charge is -2.18. The van der Waals surface area contributed by atoms with E-state index >= 15 is 0 Å². The van der Waals surface area contributed by atoms with Crippen LogP contribution in [0, 0.1) is 0 Å². The molecule has 9 heteroatoms. The second kappa shape index (κ2) is 7.78. The first kappa shape index (κ1) is 19.5. The third-order valence-corrected chi connectivity index (χ3v) is 7.94. The van der Waals surface area contributed by atoms with Crippen LogP contribution in [0.3, 0.4) is 0 Å². The van der Waals surface area contributed by atoms with Crippen molar-refractivity contribution in [2.24, 2.45) is 4.99 Å². The second-order valence-corrected chi connectivity index (χ2v) is 10.4. The number of unbranched alkanes of at least 4 members (excludes halogenated alkanes) is 1. The van der Waals surface area contributed by atoms with E-state index in [9.17, 15) is 13.2 Å². The summed E-state index contributed by atoms with van der Waals surface area (Å²) in [5.41, 5.74) is 1.16. The number of carbonyl (C=O) groups excluding carboxylic acids is 1. The van der Waals surface area contributed by atoms with Crippen LogP contribution in [0.1, 0.15) is 30.1 Å². The Bertz CT molecular complexity index is 842. The summed E-state index contributed by atoms with van der Waals surface area (Å²) in [6.45, 7) is 2.80. The highest BCUT2D eigenvalue weighted by Gasteiger charge is 2.42. The summed E-state index contributed by atoms with van der Waals surface area (Å²) >= 11 is 7.69. The molecule has 0 saturated carbocycles. The molecule has 6 nitrogen and oxygen atoms in total. The minimum absolute atomic E-state index is 0.0359. The summed E-state index contributed by atoms with van der Waals surface area (Å²) < 4.78 is 23.3. The number of hydrogen-bond acceptors (Lipinski definition) is 6. The normalized spacial score (nSPS) is 23.4. The molecule has 0 aromatic heterocycles. The van der Waals surface area contributed by atoms with Crippen LogP contribution < -0.4 is 5.32 Å². The molecule has 3 rings (SSSR count). The first-order valence-corrected chi connectivity index (χ1v) is 11.6. The van der Waals surface area contributed by atoms with Crippen molar-refractivity contribution in [2.45, 2.75) is 31.1 Å². The Morgan fingerprint density at radius 3 is 2.88 bits per heavy atom. The van der Waals surface area contributed by atoms with E-state index in [1.54, 1.807) is 30.1 Å². The number of hydrogen-bond donors (Lipinski definition) is 1. The number of halogens is 1. The van der Waals surface area contributed by atoms with Gasteiger partial charge in [0.1, 0.15) is 0 Å². The zero-order valence-electron chi connectivity index (χ0n) is 14.7. The molecule has 0 radical (unpaired) electrons. The van der Waals surface area contributed by atoms with E-state index in [1.807, 2.05) is 0 Å². The summed E-state index contributed by atoms with van der Waals surface area (Å²) in [6.07, 6.45) is 1.99. The van der Waals surface area contributed by atoms with Gasteiger partial charge in [0.15, 0.2) is 15.0 Å². The smallest absolute Gasteiger partial charge is 0.253 e. The molecule has 1 aromatic rings. The quantitative estimate of drug-likeness (QED) is 0.799. The first-order valence-electron chi connectivity index (χ1n) is 8.56. The topological polar surface area (TPSA) is 78.8 Å². The van der Waals surface area contributed by atoms with Crippen LogP contribution in [0.25, 0.3) is 0 Å². The van der Waals surface area contributed by atoms with Crippen LogP contribution in [0.4, 0.5) is 5.69 Å². The van der Waals surface area contributed by atoms with Crippen molar-refractivity contribution < 1.29 is 13.2 Å². The number of nitrogens with zero attached hydrogens (tertiary/aromatic N) is 2. The molecule has 2 atom stereocenters. The van der Waals surface area contributed by atoms with Gasteiger partial charge in [-0.3, -0.25) is 9.79 Å². The Hall–Kier alpha value is -1.25. The molecule has 0 aliphatic carbocycles. The van der Waals surface area contributed by atoms with E-state index < -0.39 is 9.84 Å². The minimum Gasteiger partial charge on any atom is -0.342 e. The molecule has 1 amide bonds. The molecule has 1 saturated heterocycles. The molecule has 142 valence electrons. The number of rotatable bonds is 5. The van der Waals surface area contributed by atoms with Gasteiger partial charge < -0.3 is 10.2 Å². The fourth-order valence-corrected chi connectivity index (χ4v) is 6.84. The zero-order chi connectivity index (χ0) is 18.9. The number of nitrogens with one attached hydrogen (secondary N) is 1. The van der Waals surface area contributed by atoms with E-state index in [1.165, 1.54) is 11.8 Å². The van der Waals surface area contributed by atoms with Crippen molar-refractivity contribution >= 4 is 50.0 Å². The molecule has 2 heterocycles. The second-order valence-electron chi connectivity index (χ2n) is 6.63. The van der Waals surface area contributed by atoms with Gasteiger partial charge in [0, 0.05) is 24.4 Å². The van der Waals surface area contributed by atoms with E-state index in [-0.39, 0.29) is 28.7 Å². The Morgan fingerprint density at radius 2 is 2.19 bits per heavy atom. The maximum Gasteiger partial charge on any atom is 0.253 e. The number of thioether (sulfide) groups is 1. The standard InChI is InChI=1S/C17H22ClN3O3S2/c1-3-4-7-21(2)16(22)11-5-6-12(18)13(8-11)19-17-20-14-9-26(23,24)10-15(14)25-17/h5-6,8,14-15H,3-4,7,9-10H2,1-2H3,(H,19,20)/t14-,15-/m0/s1. The van der Waals surface area contributed by atoms with Crippen LogP contribution in [-0.4, -0.2) is 60.8 Å². The molecular weight excluding hydrogens is 394 g/mol. The average Bonchev–Trinajstić information content (AvgIpc) is 3.06. The molecular formula is C17H22ClN3O3S2. The molecule has 2 aliphatic heterocycles. The average molecular weight is 416 g/mol. The molecule has 26 heavy (non-hydrogen) atoms. The van der Waals surface area contributed by atoms with E-state index in [0.717, 1.165) is 12.8 Å². The highest BCUT2D eigenvalue weighted by atomic mass is 35.5. The van der Waals surface area contributed by atoms with Gasteiger partial charge in [-0.05, 0) is 24.6 Å². The van der Waals surface area contributed by atoms with Crippen molar-refractivity contribution in [3.63, 3.8) is 0 Å². The van der Waals surface area contributed by atoms with Crippen LogP contribution in [0.2, 0.25) is 5.02 Å². The predicted octanol–water partition coefficient (Wildman–Crippen LogP) is 2.89. The fourth-order valence-electron chi connectivity index (χ4n) is 3.00. The maximum absolute atomic E-state index is 12.5. The lowest BCUT2D eigenvalue weighted by atomic mass is 10.1. The number of carbonyl (C=O) groups is 1. The monoisotopic (exact) mass is 415 g/mol. The number of benzene rings is 1. The summed E-state index contributed by atoms with van der Waals surface area (Å²) in [4.78, 5) is 18.7. The maximum atomic E-state index is 12.5. The highest BCUT2D eigenvalue weighted by Crippen LogP contribution is 2.35. The summed E-state index contributed by atoms with van der Waals surface area (Å²) in [5.74, 6) is 0.206. The molecule has 1 aromatic carbocycles. The van der Waals surface area contributed by atoms with Crippen molar-refractivity contribution in [1.82, 2.24) is 4.90 Å².